The molecule has 2 aromatic carbocycles. The second-order valence-electron chi connectivity index (χ2n) is 5.57. The van der Waals surface area contributed by atoms with Crippen molar-refractivity contribution >= 4 is 29.1 Å². The molecule has 0 aromatic heterocycles. The molecule has 0 bridgehead atoms. The highest BCUT2D eigenvalue weighted by Crippen LogP contribution is 2.35. The van der Waals surface area contributed by atoms with Crippen molar-refractivity contribution in [3.63, 3.8) is 0 Å². The molecule has 0 spiro atoms. The highest BCUT2D eigenvalue weighted by atomic mass is 16.6. The van der Waals surface area contributed by atoms with Crippen LogP contribution in [0.5, 0.6) is 17.2 Å². The molecule has 0 atom stereocenters. The molecule has 9 nitrogen and oxygen atoms in total. The van der Waals surface area contributed by atoms with Crippen LogP contribution in [0.25, 0.3) is 6.08 Å². The fraction of sp³-hybridized carbons (Fsp3) is 0.111. The molecule has 27 heavy (non-hydrogen) atoms. The zero-order chi connectivity index (χ0) is 19.6. The summed E-state index contributed by atoms with van der Waals surface area (Å²) in [6.07, 6.45) is 2.54. The lowest BCUT2D eigenvalue weighted by Gasteiger charge is -2.18. The molecule has 1 N–H and O–H groups in total. The number of amides is 1. The number of methoxy groups -OCH3 is 1. The summed E-state index contributed by atoms with van der Waals surface area (Å²) in [4.78, 5) is 33.9. The van der Waals surface area contributed by atoms with Crippen LogP contribution < -0.4 is 19.9 Å². The Morgan fingerprint density at radius 1 is 1.33 bits per heavy atom. The average Bonchev–Trinajstić information content (AvgIpc) is 2.65. The van der Waals surface area contributed by atoms with Crippen molar-refractivity contribution in [3.8, 4) is 17.2 Å². The van der Waals surface area contributed by atoms with Gasteiger partial charge in [-0.1, -0.05) is 6.08 Å². The average molecular weight is 369 g/mol. The van der Waals surface area contributed by atoms with Crippen molar-refractivity contribution in [2.24, 2.45) is 0 Å². The van der Waals surface area contributed by atoms with Gasteiger partial charge >= 0.3 is 0 Å². The number of nitrogens with one attached hydrogen (secondary N) is 1. The lowest BCUT2D eigenvalue weighted by molar-refractivity contribution is -0.398. The van der Waals surface area contributed by atoms with Crippen LogP contribution in [0, 0.1) is 10.1 Å². The minimum absolute atomic E-state index is 0.0868. The molecule has 1 amide bonds. The van der Waals surface area contributed by atoms with Gasteiger partial charge in [0.1, 0.15) is 11.5 Å². The van der Waals surface area contributed by atoms with E-state index in [1.807, 2.05) is 0 Å². The van der Waals surface area contributed by atoms with Gasteiger partial charge in [0.2, 0.25) is 0 Å². The number of nitro benzene ring substituents is 1. The maximum absolute atomic E-state index is 12.4. The minimum Gasteiger partial charge on any atom is -0.865 e. The third kappa shape index (κ3) is 3.71. The van der Waals surface area contributed by atoms with Gasteiger partial charge in [-0.3, -0.25) is 19.7 Å². The number of nitrogens with zero attached hydrogens (tertiary/aromatic N) is 1. The second-order valence-corrected chi connectivity index (χ2v) is 5.57. The molecule has 0 radical (unpaired) electrons. The third-order valence-electron chi connectivity index (χ3n) is 3.80. The fourth-order valence-electron chi connectivity index (χ4n) is 2.50. The Hall–Kier alpha value is -3.88. The summed E-state index contributed by atoms with van der Waals surface area (Å²) < 4.78 is 10.1. The number of allylic oxidation sites excluding steroid dienone is 1. The summed E-state index contributed by atoms with van der Waals surface area (Å²) >= 11 is 0. The first-order valence-electron chi connectivity index (χ1n) is 7.71. The molecule has 0 saturated heterocycles. The Morgan fingerprint density at radius 2 is 2.11 bits per heavy atom. The van der Waals surface area contributed by atoms with Crippen molar-refractivity contribution < 1.29 is 29.1 Å². The lowest BCUT2D eigenvalue weighted by atomic mass is 10.1. The largest absolute Gasteiger partial charge is 0.865 e. The Bertz CT molecular complexity index is 982. The van der Waals surface area contributed by atoms with Gasteiger partial charge in [0.25, 0.3) is 11.6 Å². The summed E-state index contributed by atoms with van der Waals surface area (Å²) in [5.74, 6) is -1.28. The summed E-state index contributed by atoms with van der Waals surface area (Å²) in [5, 5.41) is 25.4. The zero-order valence-corrected chi connectivity index (χ0v) is 14.1. The number of rotatable bonds is 5. The first kappa shape index (κ1) is 17.9. The normalized spacial score (nSPS) is 12.9. The third-order valence-corrected chi connectivity index (χ3v) is 3.80. The molecule has 0 aliphatic carbocycles. The second kappa shape index (κ2) is 7.16. The minimum atomic E-state index is -0.837. The summed E-state index contributed by atoms with van der Waals surface area (Å²) in [7, 11) is 1.22. The van der Waals surface area contributed by atoms with Crippen molar-refractivity contribution in [1.29, 1.82) is 0 Å². The van der Waals surface area contributed by atoms with Crippen molar-refractivity contribution in [1.82, 2.24) is 0 Å². The van der Waals surface area contributed by atoms with Crippen molar-refractivity contribution in [2.45, 2.75) is 0 Å². The number of anilines is 1. The summed E-state index contributed by atoms with van der Waals surface area (Å²) in [6.45, 7) is -0.0868. The van der Waals surface area contributed by atoms with E-state index in [-0.39, 0.29) is 29.4 Å². The van der Waals surface area contributed by atoms with Gasteiger partial charge in [-0.15, -0.1) is 0 Å². The topological polar surface area (TPSA) is 131 Å². The Balaban J connectivity index is 1.87. The van der Waals surface area contributed by atoms with E-state index in [0.717, 1.165) is 6.07 Å². The Kier molecular flexibility index (Phi) is 4.75. The highest BCUT2D eigenvalue weighted by Gasteiger charge is 2.17. The molecule has 9 heteroatoms. The molecule has 0 unspecified atom stereocenters. The van der Waals surface area contributed by atoms with Crippen LogP contribution in [-0.4, -0.2) is 30.3 Å². The van der Waals surface area contributed by atoms with E-state index in [1.165, 1.54) is 37.5 Å². The molecule has 1 aliphatic heterocycles. The lowest BCUT2D eigenvalue weighted by Crippen LogP contribution is -2.25. The Morgan fingerprint density at radius 3 is 2.81 bits per heavy atom. The number of ether oxygens (including phenoxy) is 2. The summed E-state index contributed by atoms with van der Waals surface area (Å²) in [6, 6.07) is 6.95. The highest BCUT2D eigenvalue weighted by molar-refractivity contribution is 6.08. The number of nitro groups is 1. The molecule has 1 heterocycles. The molecule has 1 aliphatic rings. The van der Waals surface area contributed by atoms with Gasteiger partial charge < -0.3 is 19.9 Å². The van der Waals surface area contributed by atoms with E-state index in [4.69, 9.17) is 9.47 Å². The van der Waals surface area contributed by atoms with Gasteiger partial charge in [0, 0.05) is 17.4 Å². The van der Waals surface area contributed by atoms with Gasteiger partial charge in [-0.25, -0.2) is 0 Å². The van der Waals surface area contributed by atoms with Crippen molar-refractivity contribution in [3.05, 3.63) is 57.6 Å². The molecule has 0 saturated carbocycles. The Labute approximate surface area is 153 Å². The van der Waals surface area contributed by atoms with Gasteiger partial charge in [0.15, 0.2) is 12.4 Å². The number of carbonyl (C=O) groups is 2. The van der Waals surface area contributed by atoms with Crippen molar-refractivity contribution in [2.75, 3.05) is 19.0 Å². The van der Waals surface area contributed by atoms with Crippen LogP contribution in [0.3, 0.4) is 0 Å². The smallest absolute Gasteiger partial charge is 0.266 e. The summed E-state index contributed by atoms with van der Waals surface area (Å²) in [5.41, 5.74) is 0.299. The predicted molar refractivity (Wildman–Crippen MR) is 93.0 cm³/mol. The van der Waals surface area contributed by atoms with Gasteiger partial charge in [-0.2, -0.15) is 0 Å². The molecule has 0 fully saturated rings. The van der Waals surface area contributed by atoms with E-state index in [2.05, 4.69) is 5.32 Å². The van der Waals surface area contributed by atoms with E-state index in [9.17, 15) is 24.8 Å². The van der Waals surface area contributed by atoms with Crippen LogP contribution in [0.1, 0.15) is 15.9 Å². The van der Waals surface area contributed by atoms with E-state index >= 15 is 0 Å². The molecule has 138 valence electrons. The number of hydrogen-bond acceptors (Lipinski definition) is 7. The number of hydrogen-bond donors (Lipinski definition) is 1. The quantitative estimate of drug-likeness (QED) is 0.368. The molecular formula is C18H13N2O7-. The van der Waals surface area contributed by atoms with E-state index in [0.29, 0.717) is 11.4 Å². The van der Waals surface area contributed by atoms with Crippen LogP contribution in [0.15, 0.2) is 36.4 Å². The number of carbonyl (C=O) groups excluding carboxylic acids is 2. The maximum atomic E-state index is 12.4. The van der Waals surface area contributed by atoms with Crippen LogP contribution in [0.4, 0.5) is 11.4 Å². The predicted octanol–water partition coefficient (Wildman–Crippen LogP) is 1.90. The van der Waals surface area contributed by atoms with Crippen LogP contribution in [-0.2, 0) is 4.79 Å². The monoisotopic (exact) mass is 369 g/mol. The standard InChI is InChI=1S/C18H14N2O7/c1-26-16-7-10(6-13(18(16)23)20(24)25)2-4-14(21)11-3-5-15-12(8-11)19-17(22)9-27-15/h2-8,23H,9H2,1H3,(H,19,22)/p-1/b4-2+. The van der Waals surface area contributed by atoms with E-state index < -0.39 is 22.1 Å². The van der Waals surface area contributed by atoms with E-state index in [1.54, 1.807) is 6.07 Å². The maximum Gasteiger partial charge on any atom is 0.266 e. The number of ketones is 1. The first-order valence-corrected chi connectivity index (χ1v) is 7.71. The van der Waals surface area contributed by atoms with Gasteiger partial charge in [0.05, 0.1) is 17.7 Å². The number of benzene rings is 2. The van der Waals surface area contributed by atoms with Crippen LogP contribution in [0.2, 0.25) is 0 Å². The molecule has 3 rings (SSSR count). The number of fused-ring (bicyclic) bond motifs is 1. The first-order chi connectivity index (χ1) is 12.9. The van der Waals surface area contributed by atoms with Crippen LogP contribution >= 0.6 is 0 Å². The molecular weight excluding hydrogens is 356 g/mol. The zero-order valence-electron chi connectivity index (χ0n) is 14.1. The fourth-order valence-corrected chi connectivity index (χ4v) is 2.50. The SMILES string of the molecule is COc1cc(/C=C/C(=O)c2ccc3c(c2)NC(=O)CO3)cc([N+](=O)[O-])c1[O-]. The molecule has 2 aromatic rings. The van der Waals surface area contributed by atoms with Gasteiger partial charge in [-0.05, 0) is 35.9 Å².